The number of benzene rings is 1. The molecule has 1 aromatic carbocycles. The van der Waals surface area contributed by atoms with Gasteiger partial charge in [0.25, 0.3) is 0 Å². The summed E-state index contributed by atoms with van der Waals surface area (Å²) in [5.41, 5.74) is 4.59. The van der Waals surface area contributed by atoms with Crippen molar-refractivity contribution in [3.05, 3.63) is 82.2 Å². The molecule has 196 valence electrons. The fraction of sp³-hybridized carbons (Fsp3) is 0.276. The van der Waals surface area contributed by atoms with Gasteiger partial charge in [0, 0.05) is 60.7 Å². The molecule has 0 spiro atoms. The number of hydrogen-bond donors (Lipinski definition) is 2. The lowest BCUT2D eigenvalue weighted by Gasteiger charge is -2.37. The SMILES string of the molecule is C#C[C@H]1COCCN1c1nc(-c2ccc(Nc3cccc(=O)[nH]3)cc2)nc2c1CN(c1cc(C)ncn1)CC2. The number of aromatic nitrogens is 5. The number of H-pyrrole nitrogens is 1. The third-order valence-corrected chi connectivity index (χ3v) is 6.94. The largest absolute Gasteiger partial charge is 0.376 e. The van der Waals surface area contributed by atoms with Crippen molar-refractivity contribution in [3.8, 4) is 23.7 Å². The van der Waals surface area contributed by atoms with Crippen molar-refractivity contribution in [2.45, 2.75) is 25.9 Å². The minimum absolute atomic E-state index is 0.159. The molecule has 39 heavy (non-hydrogen) atoms. The molecule has 0 saturated carbocycles. The summed E-state index contributed by atoms with van der Waals surface area (Å²) < 4.78 is 5.67. The number of fused-ring (bicyclic) bond motifs is 1. The van der Waals surface area contributed by atoms with E-state index >= 15 is 0 Å². The highest BCUT2D eigenvalue weighted by molar-refractivity contribution is 5.66. The molecule has 10 nitrogen and oxygen atoms in total. The topological polar surface area (TPSA) is 112 Å². The third-order valence-electron chi connectivity index (χ3n) is 6.94. The number of anilines is 4. The zero-order valence-electron chi connectivity index (χ0n) is 21.6. The van der Waals surface area contributed by atoms with E-state index in [1.165, 1.54) is 6.07 Å². The maximum Gasteiger partial charge on any atom is 0.249 e. The first-order chi connectivity index (χ1) is 19.1. The number of rotatable bonds is 5. The van der Waals surface area contributed by atoms with Crippen LogP contribution in [0, 0.1) is 19.3 Å². The number of morpholine rings is 1. The van der Waals surface area contributed by atoms with Crippen LogP contribution in [0.3, 0.4) is 0 Å². The maximum absolute atomic E-state index is 11.6. The van der Waals surface area contributed by atoms with E-state index in [2.05, 4.69) is 36.0 Å². The third kappa shape index (κ3) is 5.17. The van der Waals surface area contributed by atoms with E-state index in [0.29, 0.717) is 37.9 Å². The number of pyridine rings is 1. The predicted octanol–water partition coefficient (Wildman–Crippen LogP) is 3.08. The monoisotopic (exact) mass is 520 g/mol. The average molecular weight is 521 g/mol. The molecule has 10 heteroatoms. The van der Waals surface area contributed by atoms with E-state index in [1.54, 1.807) is 12.4 Å². The Bertz CT molecular complexity index is 1590. The fourth-order valence-corrected chi connectivity index (χ4v) is 4.95. The summed E-state index contributed by atoms with van der Waals surface area (Å²) in [7, 11) is 0. The van der Waals surface area contributed by atoms with E-state index in [-0.39, 0.29) is 11.6 Å². The first kappa shape index (κ1) is 24.6. The van der Waals surface area contributed by atoms with Gasteiger partial charge in [-0.3, -0.25) is 4.79 Å². The van der Waals surface area contributed by atoms with Crippen LogP contribution in [-0.2, 0) is 17.7 Å². The number of aryl methyl sites for hydroxylation is 1. The number of terminal acetylenes is 1. The summed E-state index contributed by atoms with van der Waals surface area (Å²) in [5.74, 6) is 5.89. The van der Waals surface area contributed by atoms with Crippen LogP contribution in [-0.4, -0.2) is 57.3 Å². The van der Waals surface area contributed by atoms with Gasteiger partial charge in [-0.05, 0) is 37.3 Å². The van der Waals surface area contributed by atoms with Crippen LogP contribution in [0.4, 0.5) is 23.1 Å². The number of nitrogens with one attached hydrogen (secondary N) is 2. The molecule has 1 saturated heterocycles. The number of ether oxygens (including phenoxy) is 1. The lowest BCUT2D eigenvalue weighted by atomic mass is 10.0. The Labute approximate surface area is 226 Å². The van der Waals surface area contributed by atoms with Crippen molar-refractivity contribution >= 4 is 23.1 Å². The number of hydrogen-bond acceptors (Lipinski definition) is 9. The Morgan fingerprint density at radius 2 is 2.00 bits per heavy atom. The Morgan fingerprint density at radius 1 is 1.13 bits per heavy atom. The fourth-order valence-electron chi connectivity index (χ4n) is 4.95. The van der Waals surface area contributed by atoms with E-state index in [4.69, 9.17) is 21.1 Å². The second-order valence-electron chi connectivity index (χ2n) is 9.57. The molecule has 4 aromatic rings. The Kier molecular flexibility index (Phi) is 6.65. The number of aromatic amines is 1. The van der Waals surface area contributed by atoms with Gasteiger partial charge in [-0.2, -0.15) is 0 Å². The van der Waals surface area contributed by atoms with Gasteiger partial charge in [0.15, 0.2) is 5.82 Å². The summed E-state index contributed by atoms with van der Waals surface area (Å²) in [5, 5.41) is 3.22. The maximum atomic E-state index is 11.6. The minimum Gasteiger partial charge on any atom is -0.376 e. The molecule has 2 N–H and O–H groups in total. The standard InChI is InChI=1S/C29H28N8O2/c1-3-22-17-39-14-13-37(22)29-23-16-36(26-15-19(2)30-18-31-26)12-11-24(23)33-28(35-29)20-7-9-21(10-8-20)32-25-5-4-6-27(38)34-25/h1,4-10,15,18,22H,11-14,16-17H2,2H3,(H2,32,34,38)/t22-/m0/s1. The van der Waals surface area contributed by atoms with Gasteiger partial charge in [0.2, 0.25) is 5.56 Å². The molecule has 0 aliphatic carbocycles. The van der Waals surface area contributed by atoms with Crippen molar-refractivity contribution in [3.63, 3.8) is 0 Å². The Morgan fingerprint density at radius 3 is 2.79 bits per heavy atom. The van der Waals surface area contributed by atoms with Gasteiger partial charge in [0.1, 0.15) is 29.8 Å². The molecule has 0 amide bonds. The van der Waals surface area contributed by atoms with Crippen molar-refractivity contribution in [2.24, 2.45) is 0 Å². The van der Waals surface area contributed by atoms with Crippen LogP contribution in [0.15, 0.2) is 59.7 Å². The van der Waals surface area contributed by atoms with Crippen molar-refractivity contribution in [2.75, 3.05) is 41.4 Å². The summed E-state index contributed by atoms with van der Waals surface area (Å²) >= 11 is 0. The lowest BCUT2D eigenvalue weighted by molar-refractivity contribution is 0.107. The predicted molar refractivity (Wildman–Crippen MR) is 150 cm³/mol. The smallest absolute Gasteiger partial charge is 0.249 e. The van der Waals surface area contributed by atoms with Gasteiger partial charge < -0.3 is 24.8 Å². The van der Waals surface area contributed by atoms with E-state index in [1.807, 2.05) is 43.3 Å². The summed E-state index contributed by atoms with van der Waals surface area (Å²) in [6.07, 6.45) is 8.27. The average Bonchev–Trinajstić information content (AvgIpc) is 2.97. The molecule has 1 fully saturated rings. The molecule has 0 bridgehead atoms. The Balaban J connectivity index is 1.36. The van der Waals surface area contributed by atoms with Crippen LogP contribution in [0.2, 0.25) is 0 Å². The van der Waals surface area contributed by atoms with E-state index in [0.717, 1.165) is 52.8 Å². The quantitative estimate of drug-likeness (QED) is 0.384. The van der Waals surface area contributed by atoms with E-state index < -0.39 is 0 Å². The van der Waals surface area contributed by atoms with Gasteiger partial charge >= 0.3 is 0 Å². The van der Waals surface area contributed by atoms with Crippen molar-refractivity contribution in [1.29, 1.82) is 0 Å². The molecule has 0 unspecified atom stereocenters. The minimum atomic E-state index is -0.207. The van der Waals surface area contributed by atoms with Crippen molar-refractivity contribution < 1.29 is 4.74 Å². The van der Waals surface area contributed by atoms with Gasteiger partial charge in [0.05, 0.1) is 18.9 Å². The highest BCUT2D eigenvalue weighted by atomic mass is 16.5. The second kappa shape index (κ2) is 10.6. The van der Waals surface area contributed by atoms with Crippen LogP contribution < -0.4 is 20.7 Å². The highest BCUT2D eigenvalue weighted by Crippen LogP contribution is 2.33. The van der Waals surface area contributed by atoms with Crippen LogP contribution >= 0.6 is 0 Å². The molecule has 2 aliphatic heterocycles. The second-order valence-corrected chi connectivity index (χ2v) is 9.57. The molecule has 6 rings (SSSR count). The molecular formula is C29H28N8O2. The summed E-state index contributed by atoms with van der Waals surface area (Å²) in [6, 6.07) is 14.6. The molecule has 2 aliphatic rings. The molecule has 3 aromatic heterocycles. The highest BCUT2D eigenvalue weighted by Gasteiger charge is 2.30. The lowest BCUT2D eigenvalue weighted by Crippen LogP contribution is -2.46. The number of nitrogens with zero attached hydrogens (tertiary/aromatic N) is 6. The van der Waals surface area contributed by atoms with E-state index in [9.17, 15) is 4.79 Å². The Hall–Kier alpha value is -4.75. The van der Waals surface area contributed by atoms with Crippen LogP contribution in [0.1, 0.15) is 17.0 Å². The van der Waals surface area contributed by atoms with Crippen LogP contribution in [0.5, 0.6) is 0 Å². The normalized spacial score (nSPS) is 16.9. The molecule has 0 radical (unpaired) electrons. The van der Waals surface area contributed by atoms with Crippen LogP contribution in [0.25, 0.3) is 11.4 Å². The van der Waals surface area contributed by atoms with Gasteiger partial charge in [-0.25, -0.2) is 19.9 Å². The summed E-state index contributed by atoms with van der Waals surface area (Å²) in [4.78, 5) is 37.6. The zero-order chi connectivity index (χ0) is 26.8. The van der Waals surface area contributed by atoms with Gasteiger partial charge in [-0.15, -0.1) is 6.42 Å². The molecule has 1 atom stereocenters. The first-order valence-corrected chi connectivity index (χ1v) is 12.9. The van der Waals surface area contributed by atoms with Gasteiger partial charge in [-0.1, -0.05) is 12.0 Å². The van der Waals surface area contributed by atoms with Crippen molar-refractivity contribution in [1.82, 2.24) is 24.9 Å². The summed E-state index contributed by atoms with van der Waals surface area (Å²) in [6.45, 7) is 5.09. The zero-order valence-corrected chi connectivity index (χ0v) is 21.6. The first-order valence-electron chi connectivity index (χ1n) is 12.9. The molecule has 5 heterocycles. The molecular weight excluding hydrogens is 492 g/mol.